The Hall–Kier alpha value is -2.17. The molecule has 1 aromatic rings. The van der Waals surface area contributed by atoms with Crippen LogP contribution in [0.25, 0.3) is 0 Å². The third kappa shape index (κ3) is 5.68. The summed E-state index contributed by atoms with van der Waals surface area (Å²) >= 11 is 1.45. The van der Waals surface area contributed by atoms with Crippen LogP contribution in [-0.4, -0.2) is 80.1 Å². The van der Waals surface area contributed by atoms with E-state index in [-0.39, 0.29) is 38.8 Å². The molecule has 2 atom stereocenters. The number of thiazole rings is 1. The number of aromatic nitrogens is 1. The van der Waals surface area contributed by atoms with Crippen LogP contribution in [0.1, 0.15) is 18.4 Å². The average Bonchev–Trinajstić information content (AvgIpc) is 3.25. The smallest absolute Gasteiger partial charge is 0.337 e. The number of aldehydes is 1. The number of nitrogens with zero attached hydrogens (tertiary/aromatic N) is 3. The molecule has 8 nitrogen and oxygen atoms in total. The monoisotopic (exact) mass is 424 g/mol. The van der Waals surface area contributed by atoms with Crippen molar-refractivity contribution in [3.8, 4) is 0 Å². The van der Waals surface area contributed by atoms with Gasteiger partial charge in [-0.15, -0.1) is 11.3 Å². The number of hydrogen-bond acceptors (Lipinski definition) is 9. The topological polar surface area (TPSA) is 93.1 Å². The molecule has 2 unspecified atom stereocenters. The summed E-state index contributed by atoms with van der Waals surface area (Å²) in [7, 11) is 0. The zero-order valence-corrected chi connectivity index (χ0v) is 17.1. The summed E-state index contributed by atoms with van der Waals surface area (Å²) in [4.78, 5) is 33.4. The lowest BCUT2D eigenvalue weighted by molar-refractivity contribution is -0.138. The molecule has 0 saturated carbocycles. The molecule has 0 radical (unpaired) electrons. The number of rotatable bonds is 9. The second kappa shape index (κ2) is 10.6. The van der Waals surface area contributed by atoms with Gasteiger partial charge in [0.25, 0.3) is 0 Å². The lowest BCUT2D eigenvalue weighted by Gasteiger charge is -2.35. The van der Waals surface area contributed by atoms with Crippen molar-refractivity contribution in [2.24, 2.45) is 10.9 Å². The van der Waals surface area contributed by atoms with Crippen LogP contribution in [0, 0.1) is 5.92 Å². The molecule has 158 valence electrons. The summed E-state index contributed by atoms with van der Waals surface area (Å²) in [5.74, 6) is -0.0284. The third-order valence-electron chi connectivity index (χ3n) is 4.85. The zero-order chi connectivity index (χ0) is 20.6. The van der Waals surface area contributed by atoms with E-state index >= 15 is 0 Å². The highest BCUT2D eigenvalue weighted by Crippen LogP contribution is 2.23. The van der Waals surface area contributed by atoms with Crippen LogP contribution in [0.5, 0.6) is 0 Å². The lowest BCUT2D eigenvalue weighted by Crippen LogP contribution is -2.46. The molecule has 29 heavy (non-hydrogen) atoms. The number of nitrogens with one attached hydrogen (secondary N) is 1. The molecule has 3 rings (SSSR count). The molecule has 3 heterocycles. The Bertz CT molecular complexity index is 768. The molecule has 0 spiro atoms. The van der Waals surface area contributed by atoms with E-state index in [9.17, 15) is 14.0 Å². The van der Waals surface area contributed by atoms with Gasteiger partial charge in [-0.25, -0.2) is 14.2 Å². The summed E-state index contributed by atoms with van der Waals surface area (Å²) in [5, 5.41) is 5.80. The van der Waals surface area contributed by atoms with E-state index in [1.54, 1.807) is 13.1 Å². The number of alkyl halides is 1. The van der Waals surface area contributed by atoms with Crippen LogP contribution in [0.3, 0.4) is 0 Å². The fourth-order valence-corrected chi connectivity index (χ4v) is 3.95. The van der Waals surface area contributed by atoms with Crippen molar-refractivity contribution in [3.63, 3.8) is 0 Å². The van der Waals surface area contributed by atoms with Crippen LogP contribution in [-0.2, 0) is 19.1 Å². The fraction of sp³-hybridized carbons (Fsp3) is 0.579. The largest absolute Gasteiger partial charge is 0.463 e. The average molecular weight is 424 g/mol. The minimum atomic E-state index is -1.06. The Morgan fingerprint density at radius 3 is 3.07 bits per heavy atom. The number of esters is 1. The number of ether oxygens (including phenoxy) is 2. The van der Waals surface area contributed by atoms with E-state index in [2.05, 4.69) is 15.3 Å². The Morgan fingerprint density at radius 1 is 1.52 bits per heavy atom. The first-order valence-corrected chi connectivity index (χ1v) is 10.5. The van der Waals surface area contributed by atoms with Crippen LogP contribution in [0.4, 0.5) is 4.39 Å². The maximum absolute atomic E-state index is 14.6. The Labute approximate surface area is 172 Å². The van der Waals surface area contributed by atoms with Gasteiger partial charge in [0.2, 0.25) is 0 Å². The molecular weight excluding hydrogens is 399 g/mol. The van der Waals surface area contributed by atoms with Crippen molar-refractivity contribution >= 4 is 29.4 Å². The molecule has 2 aliphatic heterocycles. The first-order chi connectivity index (χ1) is 14.1. The van der Waals surface area contributed by atoms with Gasteiger partial charge in [0.1, 0.15) is 19.1 Å². The van der Waals surface area contributed by atoms with E-state index < -0.39 is 12.1 Å². The Morgan fingerprint density at radius 2 is 2.38 bits per heavy atom. The summed E-state index contributed by atoms with van der Waals surface area (Å²) in [5.41, 5.74) is 1.13. The minimum absolute atomic E-state index is 0.00843. The van der Waals surface area contributed by atoms with E-state index in [0.717, 1.165) is 5.01 Å². The number of halogens is 1. The van der Waals surface area contributed by atoms with Gasteiger partial charge in [-0.3, -0.25) is 9.89 Å². The van der Waals surface area contributed by atoms with Gasteiger partial charge in [-0.1, -0.05) is 0 Å². The van der Waals surface area contributed by atoms with Gasteiger partial charge in [0.05, 0.1) is 25.3 Å². The highest BCUT2D eigenvalue weighted by Gasteiger charge is 2.31. The van der Waals surface area contributed by atoms with Crippen LogP contribution in [0.2, 0.25) is 0 Å². The van der Waals surface area contributed by atoms with E-state index in [4.69, 9.17) is 9.47 Å². The number of hydrogen-bond donors (Lipinski definition) is 1. The van der Waals surface area contributed by atoms with Gasteiger partial charge in [0, 0.05) is 36.3 Å². The van der Waals surface area contributed by atoms with Gasteiger partial charge in [0.15, 0.2) is 10.8 Å². The van der Waals surface area contributed by atoms with E-state index in [0.29, 0.717) is 42.9 Å². The Balaban J connectivity index is 1.66. The zero-order valence-electron chi connectivity index (χ0n) is 16.3. The maximum atomic E-state index is 14.6. The van der Waals surface area contributed by atoms with Gasteiger partial charge in [-0.05, 0) is 19.9 Å². The predicted molar refractivity (Wildman–Crippen MR) is 107 cm³/mol. The van der Waals surface area contributed by atoms with Crippen molar-refractivity contribution in [3.05, 3.63) is 27.9 Å². The molecule has 0 bridgehead atoms. The molecule has 1 saturated heterocycles. The quantitative estimate of drug-likeness (QED) is 0.362. The van der Waals surface area contributed by atoms with Crippen LogP contribution >= 0.6 is 11.3 Å². The molecule has 1 fully saturated rings. The molecule has 10 heteroatoms. The summed E-state index contributed by atoms with van der Waals surface area (Å²) in [6, 6.07) is 0. The number of piperidine rings is 1. The second-order valence-corrected chi connectivity index (χ2v) is 7.70. The number of amidine groups is 1. The lowest BCUT2D eigenvalue weighted by atomic mass is 9.95. The van der Waals surface area contributed by atoms with Crippen molar-refractivity contribution in [2.75, 3.05) is 46.0 Å². The van der Waals surface area contributed by atoms with Crippen molar-refractivity contribution in [1.82, 2.24) is 15.2 Å². The number of carbonyl (C=O) groups excluding carboxylic acids is 2. The first-order valence-electron chi connectivity index (χ1n) is 9.60. The van der Waals surface area contributed by atoms with Crippen molar-refractivity contribution in [2.45, 2.75) is 19.5 Å². The molecule has 0 amide bonds. The van der Waals surface area contributed by atoms with Crippen molar-refractivity contribution < 1.29 is 23.5 Å². The maximum Gasteiger partial charge on any atom is 0.337 e. The standard InChI is InChI=1S/C19H25FN4O4S/c1-2-28-19(26)14-9-22-17(18-21-4-8-29-18)23-16(14)11-24-5-3-13(15(20)10-24)12-27-7-6-25/h4,6,8,13,15H,2-3,5,7,9-12H2,1H3,(H,22,23). The van der Waals surface area contributed by atoms with Gasteiger partial charge in [-0.2, -0.15) is 0 Å². The third-order valence-corrected chi connectivity index (χ3v) is 5.63. The highest BCUT2D eigenvalue weighted by atomic mass is 32.1. The summed E-state index contributed by atoms with van der Waals surface area (Å²) in [6.45, 7) is 3.75. The second-order valence-electron chi connectivity index (χ2n) is 6.81. The molecule has 1 N–H and O–H groups in total. The van der Waals surface area contributed by atoms with Gasteiger partial charge >= 0.3 is 5.97 Å². The minimum Gasteiger partial charge on any atom is -0.463 e. The normalized spacial score (nSPS) is 22.8. The number of carbonyl (C=O) groups is 2. The van der Waals surface area contributed by atoms with Crippen LogP contribution < -0.4 is 5.32 Å². The molecule has 1 aromatic heterocycles. The van der Waals surface area contributed by atoms with Crippen LogP contribution in [0.15, 0.2) is 27.8 Å². The van der Waals surface area contributed by atoms with Gasteiger partial charge < -0.3 is 19.6 Å². The molecule has 0 aromatic carbocycles. The van der Waals surface area contributed by atoms with Crippen molar-refractivity contribution in [1.29, 1.82) is 0 Å². The van der Waals surface area contributed by atoms with E-state index in [1.165, 1.54) is 11.3 Å². The molecular formula is C19H25FN4O4S. The fourth-order valence-electron chi connectivity index (χ4n) is 3.35. The Kier molecular flexibility index (Phi) is 7.84. The first kappa shape index (κ1) is 21.5. The number of likely N-dealkylation sites (tertiary alicyclic amines) is 1. The predicted octanol–water partition coefficient (Wildman–Crippen LogP) is 1.19. The summed E-state index contributed by atoms with van der Waals surface area (Å²) < 4.78 is 24.9. The van der Waals surface area contributed by atoms with E-state index in [1.807, 2.05) is 10.3 Å². The molecule has 2 aliphatic rings. The SMILES string of the molecule is CCOC(=O)C1=C(CN2CCC(COCC=O)C(F)C2)NC(c2nccs2)=NC1. The highest BCUT2D eigenvalue weighted by molar-refractivity contribution is 7.11. The number of aliphatic imine (C=N–C) groups is 1. The summed E-state index contributed by atoms with van der Waals surface area (Å²) in [6.07, 6.45) is 1.93. The molecule has 0 aliphatic carbocycles.